The van der Waals surface area contributed by atoms with Gasteiger partial charge in [-0.25, -0.2) is 4.79 Å². The van der Waals surface area contributed by atoms with Crippen LogP contribution < -0.4 is 5.63 Å². The van der Waals surface area contributed by atoms with Crippen LogP contribution in [0.4, 0.5) is 0 Å². The Bertz CT molecular complexity index is 434. The second kappa shape index (κ2) is 4.75. The molecule has 0 spiro atoms. The van der Waals surface area contributed by atoms with Gasteiger partial charge in [-0.3, -0.25) is 4.99 Å². The van der Waals surface area contributed by atoms with Gasteiger partial charge in [0.15, 0.2) is 0 Å². The van der Waals surface area contributed by atoms with Gasteiger partial charge >= 0.3 is 5.63 Å². The standard InChI is InChI=1S/C10H13NO4/c1-6-5-8(13)9(10(14)15-6)7(2)11-3-4-12/h5,12-13H,3-4H2,1-2H3. The van der Waals surface area contributed by atoms with E-state index in [2.05, 4.69) is 4.99 Å². The third kappa shape index (κ3) is 2.66. The first-order valence-corrected chi connectivity index (χ1v) is 4.52. The zero-order chi connectivity index (χ0) is 11.4. The molecular formula is C10H13NO4. The van der Waals surface area contributed by atoms with Crippen molar-refractivity contribution in [3.8, 4) is 5.75 Å². The summed E-state index contributed by atoms with van der Waals surface area (Å²) in [6.45, 7) is 3.25. The Morgan fingerprint density at radius 1 is 1.60 bits per heavy atom. The summed E-state index contributed by atoms with van der Waals surface area (Å²) in [5.41, 5.74) is -0.212. The minimum Gasteiger partial charge on any atom is -0.507 e. The monoisotopic (exact) mass is 211 g/mol. The molecule has 5 nitrogen and oxygen atoms in total. The molecule has 1 aromatic rings. The average Bonchev–Trinajstić information content (AvgIpc) is 2.12. The van der Waals surface area contributed by atoms with E-state index in [1.165, 1.54) is 6.07 Å². The smallest absolute Gasteiger partial charge is 0.348 e. The van der Waals surface area contributed by atoms with Gasteiger partial charge in [0.05, 0.1) is 18.9 Å². The SMILES string of the molecule is CC(=NCCO)c1c(O)cc(C)oc1=O. The van der Waals surface area contributed by atoms with Crippen LogP contribution in [0.2, 0.25) is 0 Å². The molecule has 0 aliphatic heterocycles. The summed E-state index contributed by atoms with van der Waals surface area (Å²) in [5.74, 6) is 0.194. The molecule has 0 saturated heterocycles. The first kappa shape index (κ1) is 11.5. The van der Waals surface area contributed by atoms with Gasteiger partial charge in [0, 0.05) is 6.07 Å². The van der Waals surface area contributed by atoms with Gasteiger partial charge in [0.1, 0.15) is 17.1 Å². The van der Waals surface area contributed by atoms with Crippen LogP contribution in [0.5, 0.6) is 5.75 Å². The van der Waals surface area contributed by atoms with Crippen molar-refractivity contribution in [2.75, 3.05) is 13.2 Å². The van der Waals surface area contributed by atoms with E-state index >= 15 is 0 Å². The summed E-state index contributed by atoms with van der Waals surface area (Å²) in [7, 11) is 0. The van der Waals surface area contributed by atoms with E-state index in [9.17, 15) is 9.90 Å². The zero-order valence-electron chi connectivity index (χ0n) is 8.65. The fraction of sp³-hybridized carbons (Fsp3) is 0.400. The van der Waals surface area contributed by atoms with Crippen molar-refractivity contribution in [1.29, 1.82) is 0 Å². The van der Waals surface area contributed by atoms with Crippen molar-refractivity contribution in [3.63, 3.8) is 0 Å². The van der Waals surface area contributed by atoms with E-state index in [0.717, 1.165) is 0 Å². The number of aryl methyl sites for hydroxylation is 1. The highest BCUT2D eigenvalue weighted by Gasteiger charge is 2.12. The molecular weight excluding hydrogens is 198 g/mol. The topological polar surface area (TPSA) is 83.0 Å². The fourth-order valence-electron chi connectivity index (χ4n) is 1.23. The van der Waals surface area contributed by atoms with Gasteiger partial charge in [-0.2, -0.15) is 0 Å². The fourth-order valence-corrected chi connectivity index (χ4v) is 1.23. The van der Waals surface area contributed by atoms with Gasteiger partial charge in [-0.05, 0) is 13.8 Å². The maximum Gasteiger partial charge on any atom is 0.348 e. The number of aliphatic hydroxyl groups is 1. The number of rotatable bonds is 3. The van der Waals surface area contributed by atoms with E-state index < -0.39 is 5.63 Å². The second-order valence-electron chi connectivity index (χ2n) is 3.10. The molecule has 0 fully saturated rings. The molecule has 0 atom stereocenters. The summed E-state index contributed by atoms with van der Waals surface area (Å²) in [6.07, 6.45) is 0. The van der Waals surface area contributed by atoms with Gasteiger partial charge in [-0.15, -0.1) is 0 Å². The summed E-state index contributed by atoms with van der Waals surface area (Å²) in [4.78, 5) is 15.3. The van der Waals surface area contributed by atoms with Crippen molar-refractivity contribution in [1.82, 2.24) is 0 Å². The van der Waals surface area contributed by atoms with Crippen LogP contribution in [0.15, 0.2) is 20.3 Å². The lowest BCUT2D eigenvalue weighted by atomic mass is 10.1. The molecule has 5 heteroatoms. The molecule has 82 valence electrons. The summed E-state index contributed by atoms with van der Waals surface area (Å²) in [6, 6.07) is 1.36. The molecule has 0 aliphatic rings. The Labute approximate surface area is 86.7 Å². The summed E-state index contributed by atoms with van der Waals surface area (Å²) < 4.78 is 4.83. The lowest BCUT2D eigenvalue weighted by Gasteiger charge is -2.02. The molecule has 2 N–H and O–H groups in total. The predicted molar refractivity (Wildman–Crippen MR) is 55.5 cm³/mol. The van der Waals surface area contributed by atoms with Crippen LogP contribution in [0.25, 0.3) is 0 Å². The molecule has 1 aromatic heterocycles. The van der Waals surface area contributed by atoms with Gasteiger partial charge in [0.25, 0.3) is 0 Å². The molecule has 0 amide bonds. The molecule has 1 rings (SSSR count). The highest BCUT2D eigenvalue weighted by molar-refractivity contribution is 6.00. The Balaban J connectivity index is 3.20. The first-order chi connectivity index (χ1) is 7.06. The lowest BCUT2D eigenvalue weighted by molar-refractivity contribution is 0.307. The van der Waals surface area contributed by atoms with Gasteiger partial charge in [-0.1, -0.05) is 0 Å². The third-order valence-corrected chi connectivity index (χ3v) is 1.86. The van der Waals surface area contributed by atoms with E-state index in [0.29, 0.717) is 11.5 Å². The number of hydrogen-bond acceptors (Lipinski definition) is 5. The maximum absolute atomic E-state index is 11.4. The Kier molecular flexibility index (Phi) is 3.62. The first-order valence-electron chi connectivity index (χ1n) is 4.52. The largest absolute Gasteiger partial charge is 0.507 e. The number of nitrogens with zero attached hydrogens (tertiary/aromatic N) is 1. The van der Waals surface area contributed by atoms with Crippen molar-refractivity contribution < 1.29 is 14.6 Å². The Hall–Kier alpha value is -1.62. The van der Waals surface area contributed by atoms with Crippen molar-refractivity contribution >= 4 is 5.71 Å². The molecule has 1 heterocycles. The van der Waals surface area contributed by atoms with E-state index in [-0.39, 0.29) is 24.5 Å². The van der Waals surface area contributed by atoms with Crippen molar-refractivity contribution in [2.24, 2.45) is 4.99 Å². The Morgan fingerprint density at radius 3 is 2.80 bits per heavy atom. The highest BCUT2D eigenvalue weighted by atomic mass is 16.4. The second-order valence-corrected chi connectivity index (χ2v) is 3.10. The zero-order valence-corrected chi connectivity index (χ0v) is 8.65. The number of aliphatic hydroxyl groups excluding tert-OH is 1. The van der Waals surface area contributed by atoms with E-state index in [4.69, 9.17) is 9.52 Å². The van der Waals surface area contributed by atoms with Crippen LogP contribution >= 0.6 is 0 Å². The quantitative estimate of drug-likeness (QED) is 0.711. The van der Waals surface area contributed by atoms with Crippen molar-refractivity contribution in [3.05, 3.63) is 27.8 Å². The number of aliphatic imine (C=N–C) groups is 1. The van der Waals surface area contributed by atoms with E-state index in [1.807, 2.05) is 0 Å². The van der Waals surface area contributed by atoms with Gasteiger partial charge in [0.2, 0.25) is 0 Å². The minimum absolute atomic E-state index is 0.0500. The molecule has 0 aliphatic carbocycles. The van der Waals surface area contributed by atoms with Crippen molar-refractivity contribution in [2.45, 2.75) is 13.8 Å². The normalized spacial score (nSPS) is 11.8. The molecule has 0 aromatic carbocycles. The van der Waals surface area contributed by atoms with Crippen LogP contribution in [-0.2, 0) is 0 Å². The minimum atomic E-state index is -0.619. The molecule has 0 saturated carbocycles. The van der Waals surface area contributed by atoms with Crippen LogP contribution in [0.1, 0.15) is 18.2 Å². The van der Waals surface area contributed by atoms with E-state index in [1.54, 1.807) is 13.8 Å². The molecule has 0 bridgehead atoms. The average molecular weight is 211 g/mol. The summed E-state index contributed by atoms with van der Waals surface area (Å²) >= 11 is 0. The lowest BCUT2D eigenvalue weighted by Crippen LogP contribution is -2.13. The van der Waals surface area contributed by atoms with Gasteiger partial charge < -0.3 is 14.6 Å². The molecule has 15 heavy (non-hydrogen) atoms. The third-order valence-electron chi connectivity index (χ3n) is 1.86. The molecule has 0 unspecified atom stereocenters. The number of hydrogen-bond donors (Lipinski definition) is 2. The highest BCUT2D eigenvalue weighted by Crippen LogP contribution is 2.15. The maximum atomic E-state index is 11.4. The Morgan fingerprint density at radius 2 is 2.27 bits per heavy atom. The number of aromatic hydroxyl groups is 1. The van der Waals surface area contributed by atoms with Crippen LogP contribution in [-0.4, -0.2) is 29.1 Å². The molecule has 0 radical (unpaired) electrons. The summed E-state index contributed by atoms with van der Waals surface area (Å²) in [5, 5.41) is 18.1. The van der Waals surface area contributed by atoms with Crippen LogP contribution in [0, 0.1) is 6.92 Å². The predicted octanol–water partition coefficient (Wildman–Crippen LogP) is 0.455. The van der Waals surface area contributed by atoms with Crippen LogP contribution in [0.3, 0.4) is 0 Å².